The van der Waals surface area contributed by atoms with Gasteiger partial charge in [-0.1, -0.05) is 67.1 Å². The quantitative estimate of drug-likeness (QED) is 0.381. The van der Waals surface area contributed by atoms with Crippen molar-refractivity contribution in [2.75, 3.05) is 10.8 Å². The number of benzene rings is 3. The van der Waals surface area contributed by atoms with Crippen molar-refractivity contribution >= 4 is 27.5 Å². The number of rotatable bonds is 11. The molecule has 0 radical (unpaired) electrons. The molecule has 0 aromatic heterocycles. The molecule has 0 heterocycles. The minimum absolute atomic E-state index is 0.0872. The van der Waals surface area contributed by atoms with Gasteiger partial charge in [-0.15, -0.1) is 0 Å². The zero-order chi connectivity index (χ0) is 27.9. The molecule has 8 heteroatoms. The molecule has 1 N–H and O–H groups in total. The SMILES string of the molecule is CC[C@H](C(=O)NC(C)C)N(Cc1cccc(C)c1)C(=O)CN(c1cccc(C)c1)S(=O)(=O)c1ccccc1. The van der Waals surface area contributed by atoms with Crippen molar-refractivity contribution in [3.8, 4) is 0 Å². The highest BCUT2D eigenvalue weighted by Gasteiger charge is 2.33. The van der Waals surface area contributed by atoms with Crippen LogP contribution in [0.25, 0.3) is 0 Å². The second kappa shape index (κ2) is 12.7. The smallest absolute Gasteiger partial charge is 0.264 e. The lowest BCUT2D eigenvalue weighted by molar-refractivity contribution is -0.140. The Morgan fingerprint density at radius 1 is 0.868 bits per heavy atom. The molecule has 1 atom stereocenters. The van der Waals surface area contributed by atoms with Gasteiger partial charge in [0.05, 0.1) is 10.6 Å². The van der Waals surface area contributed by atoms with Crippen LogP contribution < -0.4 is 9.62 Å². The maximum atomic E-state index is 14.0. The van der Waals surface area contributed by atoms with Gasteiger partial charge in [-0.3, -0.25) is 13.9 Å². The number of anilines is 1. The molecule has 38 heavy (non-hydrogen) atoms. The molecule has 202 valence electrons. The van der Waals surface area contributed by atoms with Crippen molar-refractivity contribution in [1.82, 2.24) is 10.2 Å². The fourth-order valence-corrected chi connectivity index (χ4v) is 5.77. The van der Waals surface area contributed by atoms with Crippen molar-refractivity contribution in [2.45, 2.75) is 64.6 Å². The third kappa shape index (κ3) is 7.22. The van der Waals surface area contributed by atoms with E-state index in [9.17, 15) is 18.0 Å². The molecule has 0 saturated heterocycles. The van der Waals surface area contributed by atoms with Gasteiger partial charge >= 0.3 is 0 Å². The number of sulfonamides is 1. The van der Waals surface area contributed by atoms with Gasteiger partial charge in [-0.25, -0.2) is 8.42 Å². The summed E-state index contributed by atoms with van der Waals surface area (Å²) in [7, 11) is -4.07. The minimum Gasteiger partial charge on any atom is -0.352 e. The Kier molecular flexibility index (Phi) is 9.69. The van der Waals surface area contributed by atoms with Crippen LogP contribution in [0.5, 0.6) is 0 Å². The second-order valence-corrected chi connectivity index (χ2v) is 11.6. The summed E-state index contributed by atoms with van der Waals surface area (Å²) in [5.74, 6) is -0.727. The number of nitrogens with zero attached hydrogens (tertiary/aromatic N) is 2. The summed E-state index contributed by atoms with van der Waals surface area (Å²) < 4.78 is 28.7. The summed E-state index contributed by atoms with van der Waals surface area (Å²) in [5.41, 5.74) is 3.14. The molecule has 3 aromatic rings. The second-order valence-electron chi connectivity index (χ2n) is 9.76. The van der Waals surface area contributed by atoms with Gasteiger partial charge in [-0.05, 0) is 69.5 Å². The van der Waals surface area contributed by atoms with E-state index in [1.54, 1.807) is 36.4 Å². The molecule has 0 bridgehead atoms. The molecule has 0 aliphatic rings. The van der Waals surface area contributed by atoms with Crippen molar-refractivity contribution in [3.63, 3.8) is 0 Å². The largest absolute Gasteiger partial charge is 0.352 e. The van der Waals surface area contributed by atoms with Crippen LogP contribution in [0.2, 0.25) is 0 Å². The van der Waals surface area contributed by atoms with Crippen molar-refractivity contribution < 1.29 is 18.0 Å². The van der Waals surface area contributed by atoms with Crippen molar-refractivity contribution in [1.29, 1.82) is 0 Å². The Bertz CT molecular complexity index is 1360. The Hall–Kier alpha value is -3.65. The summed E-state index contributed by atoms with van der Waals surface area (Å²) >= 11 is 0. The maximum Gasteiger partial charge on any atom is 0.264 e. The van der Waals surface area contributed by atoms with Gasteiger partial charge in [0.1, 0.15) is 12.6 Å². The fourth-order valence-electron chi connectivity index (χ4n) is 4.34. The van der Waals surface area contributed by atoms with Crippen LogP contribution in [0.1, 0.15) is 43.9 Å². The third-order valence-corrected chi connectivity index (χ3v) is 7.94. The molecule has 3 aromatic carbocycles. The van der Waals surface area contributed by atoms with Crippen molar-refractivity contribution in [2.24, 2.45) is 0 Å². The first-order valence-corrected chi connectivity index (χ1v) is 14.3. The highest BCUT2D eigenvalue weighted by Crippen LogP contribution is 2.25. The van der Waals surface area contributed by atoms with Gasteiger partial charge in [0, 0.05) is 12.6 Å². The van der Waals surface area contributed by atoms with Gasteiger partial charge in [-0.2, -0.15) is 0 Å². The Labute approximate surface area is 226 Å². The van der Waals surface area contributed by atoms with E-state index < -0.39 is 28.5 Å². The summed E-state index contributed by atoms with van der Waals surface area (Å²) in [6, 6.07) is 22.0. The topological polar surface area (TPSA) is 86.8 Å². The molecule has 0 spiro atoms. The Morgan fingerprint density at radius 2 is 1.50 bits per heavy atom. The van der Waals surface area contributed by atoms with Crippen LogP contribution in [0.3, 0.4) is 0 Å². The fraction of sp³-hybridized carbons (Fsp3) is 0.333. The number of hydrogen-bond acceptors (Lipinski definition) is 4. The molecule has 0 saturated carbocycles. The first-order chi connectivity index (χ1) is 18.0. The van der Waals surface area contributed by atoms with E-state index in [1.807, 2.05) is 65.0 Å². The number of carbonyl (C=O) groups is 2. The predicted molar refractivity (Wildman–Crippen MR) is 151 cm³/mol. The van der Waals surface area contributed by atoms with E-state index in [0.717, 1.165) is 21.0 Å². The molecule has 0 fully saturated rings. The van der Waals surface area contributed by atoms with Gasteiger partial charge < -0.3 is 10.2 Å². The van der Waals surface area contributed by atoms with E-state index in [2.05, 4.69) is 5.32 Å². The molecule has 7 nitrogen and oxygen atoms in total. The van der Waals surface area contributed by atoms with Crippen molar-refractivity contribution in [3.05, 3.63) is 95.6 Å². The summed E-state index contributed by atoms with van der Waals surface area (Å²) in [6.07, 6.45) is 0.381. The van der Waals surface area contributed by atoms with E-state index in [4.69, 9.17) is 0 Å². The number of hydrogen-bond donors (Lipinski definition) is 1. The van der Waals surface area contributed by atoms with Crippen LogP contribution in [0.15, 0.2) is 83.8 Å². The molecule has 2 amide bonds. The lowest BCUT2D eigenvalue weighted by atomic mass is 10.1. The molecule has 3 rings (SSSR count). The molecule has 0 unspecified atom stereocenters. The normalized spacial score (nSPS) is 12.2. The van der Waals surface area contributed by atoms with Crippen LogP contribution in [-0.2, 0) is 26.2 Å². The lowest BCUT2D eigenvalue weighted by Gasteiger charge is -2.33. The zero-order valence-corrected chi connectivity index (χ0v) is 23.5. The first kappa shape index (κ1) is 28.9. The summed E-state index contributed by atoms with van der Waals surface area (Å²) in [5, 5.41) is 2.91. The van der Waals surface area contributed by atoms with E-state index >= 15 is 0 Å². The van der Waals surface area contributed by atoms with E-state index in [0.29, 0.717) is 12.1 Å². The van der Waals surface area contributed by atoms with Crippen LogP contribution >= 0.6 is 0 Å². The molecular formula is C30H37N3O4S. The van der Waals surface area contributed by atoms with Crippen LogP contribution in [0.4, 0.5) is 5.69 Å². The van der Waals surface area contributed by atoms with Gasteiger partial charge in [0.25, 0.3) is 10.0 Å². The standard InChI is InChI=1S/C30H37N3O4S/c1-6-28(30(35)31-22(2)3)32(20-25-14-10-12-23(4)18-25)29(34)21-33(26-15-11-13-24(5)19-26)38(36,37)27-16-8-7-9-17-27/h7-19,22,28H,6,20-21H2,1-5H3,(H,31,35)/t28-/m1/s1. The number of carbonyl (C=O) groups excluding carboxylic acids is 2. The minimum atomic E-state index is -4.07. The highest BCUT2D eigenvalue weighted by atomic mass is 32.2. The van der Waals surface area contributed by atoms with E-state index in [1.165, 1.54) is 17.0 Å². The zero-order valence-electron chi connectivity index (χ0n) is 22.7. The third-order valence-electron chi connectivity index (χ3n) is 6.15. The van der Waals surface area contributed by atoms with Gasteiger partial charge in [0.15, 0.2) is 0 Å². The Balaban J connectivity index is 2.06. The van der Waals surface area contributed by atoms with E-state index in [-0.39, 0.29) is 23.4 Å². The maximum absolute atomic E-state index is 14.0. The monoisotopic (exact) mass is 535 g/mol. The molecule has 0 aliphatic carbocycles. The summed E-state index contributed by atoms with van der Waals surface area (Å²) in [4.78, 5) is 28.8. The average Bonchev–Trinajstić information content (AvgIpc) is 2.87. The predicted octanol–water partition coefficient (Wildman–Crippen LogP) is 4.83. The number of aryl methyl sites for hydroxylation is 2. The highest BCUT2D eigenvalue weighted by molar-refractivity contribution is 7.92. The lowest BCUT2D eigenvalue weighted by Crippen LogP contribution is -2.53. The average molecular weight is 536 g/mol. The molecular weight excluding hydrogens is 498 g/mol. The number of amides is 2. The summed E-state index contributed by atoms with van der Waals surface area (Å²) in [6.45, 7) is 9.14. The first-order valence-electron chi connectivity index (χ1n) is 12.8. The van der Waals surface area contributed by atoms with Crippen LogP contribution in [-0.4, -0.2) is 43.8 Å². The Morgan fingerprint density at radius 3 is 2.08 bits per heavy atom. The molecule has 0 aliphatic heterocycles. The van der Waals surface area contributed by atoms with Crippen LogP contribution in [0, 0.1) is 13.8 Å². The van der Waals surface area contributed by atoms with Gasteiger partial charge in [0.2, 0.25) is 11.8 Å². The number of nitrogens with one attached hydrogen (secondary N) is 1.